The van der Waals surface area contributed by atoms with Crippen LogP contribution in [-0.2, 0) is 11.2 Å². The Kier molecular flexibility index (Phi) is 4.27. The van der Waals surface area contributed by atoms with E-state index in [1.165, 1.54) is 0 Å². The fraction of sp³-hybridized carbons (Fsp3) is 0.211. The smallest absolute Gasteiger partial charge is 0.262 e. The molecule has 7 heteroatoms. The minimum absolute atomic E-state index is 0.0322. The van der Waals surface area contributed by atoms with Crippen LogP contribution in [0.5, 0.6) is 5.75 Å². The Morgan fingerprint density at radius 2 is 2.12 bits per heavy atom. The van der Waals surface area contributed by atoms with Gasteiger partial charge < -0.3 is 20.4 Å². The molecule has 4 rings (SSSR count). The van der Waals surface area contributed by atoms with Crippen LogP contribution in [0.3, 0.4) is 0 Å². The van der Waals surface area contributed by atoms with Crippen molar-refractivity contribution in [2.75, 3.05) is 18.5 Å². The summed E-state index contributed by atoms with van der Waals surface area (Å²) >= 11 is 0. The van der Waals surface area contributed by atoms with Gasteiger partial charge in [-0.3, -0.25) is 9.59 Å². The highest BCUT2D eigenvalue weighted by Gasteiger charge is 2.17. The third kappa shape index (κ3) is 3.37. The van der Waals surface area contributed by atoms with Gasteiger partial charge in [0, 0.05) is 18.5 Å². The lowest BCUT2D eigenvalue weighted by Crippen LogP contribution is -2.27. The van der Waals surface area contributed by atoms with Gasteiger partial charge in [0.15, 0.2) is 6.61 Å². The first kappa shape index (κ1) is 16.1. The van der Waals surface area contributed by atoms with Crippen LogP contribution in [0.4, 0.5) is 5.69 Å². The van der Waals surface area contributed by atoms with E-state index in [9.17, 15) is 9.59 Å². The number of aryl methyl sites for hydroxylation is 1. The number of aromatic amines is 1. The van der Waals surface area contributed by atoms with Gasteiger partial charge in [0.25, 0.3) is 11.8 Å². The quantitative estimate of drug-likeness (QED) is 0.615. The van der Waals surface area contributed by atoms with Crippen molar-refractivity contribution in [3.63, 3.8) is 0 Å². The zero-order valence-electron chi connectivity index (χ0n) is 14.0. The predicted octanol–water partition coefficient (Wildman–Crippen LogP) is 2.26. The van der Waals surface area contributed by atoms with Crippen LogP contribution in [0.1, 0.15) is 22.6 Å². The van der Waals surface area contributed by atoms with Crippen LogP contribution in [0.25, 0.3) is 11.0 Å². The number of benzene rings is 2. The van der Waals surface area contributed by atoms with Crippen molar-refractivity contribution in [1.82, 2.24) is 15.3 Å². The molecule has 3 aromatic rings. The molecule has 0 atom stereocenters. The van der Waals surface area contributed by atoms with Crippen LogP contribution in [-0.4, -0.2) is 34.9 Å². The third-order valence-electron chi connectivity index (χ3n) is 4.19. The van der Waals surface area contributed by atoms with E-state index in [4.69, 9.17) is 4.74 Å². The number of amides is 2. The molecule has 2 amide bonds. The lowest BCUT2D eigenvalue weighted by Gasteiger charge is -2.18. The zero-order valence-corrected chi connectivity index (χ0v) is 14.0. The topological polar surface area (TPSA) is 96.1 Å². The van der Waals surface area contributed by atoms with E-state index in [-0.39, 0.29) is 18.4 Å². The second-order valence-electron chi connectivity index (χ2n) is 6.11. The molecule has 0 bridgehead atoms. The molecule has 26 heavy (non-hydrogen) atoms. The Morgan fingerprint density at radius 1 is 1.23 bits per heavy atom. The number of H-pyrrole nitrogens is 1. The molecular weight excluding hydrogens is 332 g/mol. The van der Waals surface area contributed by atoms with Gasteiger partial charge >= 0.3 is 0 Å². The molecule has 1 aromatic heterocycles. The average Bonchev–Trinajstić information content (AvgIpc) is 3.07. The van der Waals surface area contributed by atoms with Gasteiger partial charge in [-0.2, -0.15) is 0 Å². The summed E-state index contributed by atoms with van der Waals surface area (Å²) in [7, 11) is 0. The highest BCUT2D eigenvalue weighted by Crippen LogP contribution is 2.28. The van der Waals surface area contributed by atoms with Crippen molar-refractivity contribution in [2.24, 2.45) is 0 Å². The van der Waals surface area contributed by atoms with Crippen LogP contribution in [0.2, 0.25) is 0 Å². The first-order valence-electron chi connectivity index (χ1n) is 8.47. The Morgan fingerprint density at radius 3 is 3.00 bits per heavy atom. The molecule has 132 valence electrons. The summed E-state index contributed by atoms with van der Waals surface area (Å²) in [6.45, 7) is 0.514. The van der Waals surface area contributed by atoms with Crippen LogP contribution < -0.4 is 15.4 Å². The molecule has 7 nitrogen and oxygen atoms in total. The van der Waals surface area contributed by atoms with Gasteiger partial charge in [-0.1, -0.05) is 12.1 Å². The van der Waals surface area contributed by atoms with Gasteiger partial charge in [-0.25, -0.2) is 4.98 Å². The molecule has 2 heterocycles. The number of ether oxygens (including phenoxy) is 1. The summed E-state index contributed by atoms with van der Waals surface area (Å²) in [5, 5.41) is 5.60. The maximum absolute atomic E-state index is 12.3. The summed E-state index contributed by atoms with van der Waals surface area (Å²) in [5.41, 5.74) is 3.06. The summed E-state index contributed by atoms with van der Waals surface area (Å²) in [4.78, 5) is 31.3. The summed E-state index contributed by atoms with van der Waals surface area (Å²) in [6, 6.07) is 12.9. The highest BCUT2D eigenvalue weighted by molar-refractivity contribution is 5.98. The van der Waals surface area contributed by atoms with Gasteiger partial charge in [-0.05, 0) is 36.8 Å². The number of nitrogens with one attached hydrogen (secondary N) is 3. The van der Waals surface area contributed by atoms with Gasteiger partial charge in [0.2, 0.25) is 0 Å². The predicted molar refractivity (Wildman–Crippen MR) is 97.3 cm³/mol. The molecule has 0 fully saturated rings. The van der Waals surface area contributed by atoms with Crippen LogP contribution in [0.15, 0.2) is 42.5 Å². The number of nitrogens with zero attached hydrogens (tertiary/aromatic N) is 1. The molecule has 2 aromatic carbocycles. The minimum Gasteiger partial charge on any atom is -0.482 e. The van der Waals surface area contributed by atoms with E-state index in [2.05, 4.69) is 20.6 Å². The van der Waals surface area contributed by atoms with Gasteiger partial charge in [0.1, 0.15) is 11.6 Å². The van der Waals surface area contributed by atoms with Gasteiger partial charge in [-0.15, -0.1) is 0 Å². The minimum atomic E-state index is -0.194. The van der Waals surface area contributed by atoms with Crippen molar-refractivity contribution in [2.45, 2.75) is 12.8 Å². The number of aromatic nitrogens is 2. The Balaban J connectivity index is 1.30. The van der Waals surface area contributed by atoms with E-state index in [0.29, 0.717) is 23.5 Å². The number of hydrogen-bond acceptors (Lipinski definition) is 4. The molecule has 0 saturated heterocycles. The number of anilines is 1. The molecule has 0 aliphatic carbocycles. The van der Waals surface area contributed by atoms with E-state index in [0.717, 1.165) is 29.7 Å². The Labute approximate surface area is 149 Å². The fourth-order valence-corrected chi connectivity index (χ4v) is 2.90. The van der Waals surface area contributed by atoms with E-state index in [1.54, 1.807) is 18.2 Å². The molecule has 1 aliphatic rings. The Bertz CT molecular complexity index is 947. The molecule has 0 spiro atoms. The van der Waals surface area contributed by atoms with Crippen molar-refractivity contribution < 1.29 is 14.3 Å². The highest BCUT2D eigenvalue weighted by atomic mass is 16.5. The molecule has 0 radical (unpaired) electrons. The summed E-state index contributed by atoms with van der Waals surface area (Å²) in [6.07, 6.45) is 1.54. The lowest BCUT2D eigenvalue weighted by atomic mass is 10.1. The van der Waals surface area contributed by atoms with Crippen molar-refractivity contribution >= 4 is 28.5 Å². The zero-order chi connectivity index (χ0) is 17.9. The second kappa shape index (κ2) is 6.87. The Hall–Kier alpha value is -3.35. The maximum atomic E-state index is 12.3. The van der Waals surface area contributed by atoms with Crippen LogP contribution in [0, 0.1) is 0 Å². The molecule has 3 N–H and O–H groups in total. The number of hydrogen-bond donors (Lipinski definition) is 3. The fourth-order valence-electron chi connectivity index (χ4n) is 2.90. The standard InChI is InChI=1S/C19H18N4O3/c24-18-11-26-16-10-12(7-8-15(16)23-18)19(25)20-9-3-6-17-21-13-4-1-2-5-14(13)22-17/h1-2,4-5,7-8,10H,3,6,9,11H2,(H,20,25)(H,21,22)(H,23,24). The van der Waals surface area contributed by atoms with Crippen LogP contribution >= 0.6 is 0 Å². The number of fused-ring (bicyclic) bond motifs is 2. The number of carbonyl (C=O) groups is 2. The van der Waals surface area contributed by atoms with Crippen molar-refractivity contribution in [1.29, 1.82) is 0 Å². The average molecular weight is 350 g/mol. The lowest BCUT2D eigenvalue weighted by molar-refractivity contribution is -0.118. The van der Waals surface area contributed by atoms with Crippen molar-refractivity contribution in [3.8, 4) is 5.75 Å². The first-order chi connectivity index (χ1) is 12.7. The maximum Gasteiger partial charge on any atom is 0.262 e. The summed E-state index contributed by atoms with van der Waals surface area (Å²) < 4.78 is 5.33. The van der Waals surface area contributed by atoms with Gasteiger partial charge in [0.05, 0.1) is 16.7 Å². The largest absolute Gasteiger partial charge is 0.482 e. The molecule has 0 saturated carbocycles. The number of carbonyl (C=O) groups excluding carboxylic acids is 2. The third-order valence-corrected chi connectivity index (χ3v) is 4.19. The number of para-hydroxylation sites is 2. The number of rotatable bonds is 5. The molecule has 0 unspecified atom stereocenters. The molecule has 1 aliphatic heterocycles. The monoisotopic (exact) mass is 350 g/mol. The second-order valence-corrected chi connectivity index (χ2v) is 6.11. The SMILES string of the molecule is O=C1COc2cc(C(=O)NCCCc3nc4ccccc4[nH]3)ccc2N1. The van der Waals surface area contributed by atoms with Crippen molar-refractivity contribution in [3.05, 3.63) is 53.9 Å². The summed E-state index contributed by atoms with van der Waals surface area (Å²) in [5.74, 6) is 1.07. The first-order valence-corrected chi connectivity index (χ1v) is 8.47. The van der Waals surface area contributed by atoms with E-state index in [1.807, 2.05) is 24.3 Å². The van der Waals surface area contributed by atoms with E-state index >= 15 is 0 Å². The normalized spacial score (nSPS) is 13.0. The number of imidazole rings is 1. The molecular formula is C19H18N4O3. The van der Waals surface area contributed by atoms with E-state index < -0.39 is 0 Å².